The van der Waals surface area contributed by atoms with Crippen LogP contribution in [0.4, 0.5) is 10.5 Å². The zero-order valence-electron chi connectivity index (χ0n) is 15.0. The third-order valence-electron chi connectivity index (χ3n) is 3.82. The molecule has 0 spiro atoms. The molecule has 0 unspecified atom stereocenters. The Morgan fingerprint density at radius 3 is 2.69 bits per heavy atom. The molecule has 1 aliphatic heterocycles. The summed E-state index contributed by atoms with van der Waals surface area (Å²) in [5.74, 6) is 0.338. The summed E-state index contributed by atoms with van der Waals surface area (Å²) in [6.45, 7) is 5.67. The maximum atomic E-state index is 12.5. The van der Waals surface area contributed by atoms with E-state index < -0.39 is 16.1 Å². The number of amides is 1. The summed E-state index contributed by atoms with van der Waals surface area (Å²) in [6, 6.07) is 4.25. The molecule has 0 aliphatic carbocycles. The molecule has 1 saturated heterocycles. The predicted molar refractivity (Wildman–Crippen MR) is 96.1 cm³/mol. The van der Waals surface area contributed by atoms with Gasteiger partial charge >= 0.3 is 6.09 Å². The van der Waals surface area contributed by atoms with E-state index in [4.69, 9.17) is 14.2 Å². The van der Waals surface area contributed by atoms with Gasteiger partial charge in [-0.25, -0.2) is 17.9 Å². The van der Waals surface area contributed by atoms with Gasteiger partial charge in [-0.2, -0.15) is 0 Å². The molecule has 2 rings (SSSR count). The Morgan fingerprint density at radius 1 is 1.31 bits per heavy atom. The van der Waals surface area contributed by atoms with Crippen LogP contribution in [-0.4, -0.2) is 72.5 Å². The van der Waals surface area contributed by atoms with Gasteiger partial charge in [-0.15, -0.1) is 0 Å². The van der Waals surface area contributed by atoms with E-state index in [1.807, 2.05) is 0 Å². The third-order valence-corrected chi connectivity index (χ3v) is 5.28. The predicted octanol–water partition coefficient (Wildman–Crippen LogP) is 0.874. The Labute approximate surface area is 153 Å². The number of nitrogens with zero attached hydrogens (tertiary/aromatic N) is 1. The van der Waals surface area contributed by atoms with Crippen molar-refractivity contribution in [3.05, 3.63) is 18.2 Å². The van der Waals surface area contributed by atoms with Gasteiger partial charge in [0.25, 0.3) is 0 Å². The molecule has 2 N–H and O–H groups in total. The van der Waals surface area contributed by atoms with Crippen LogP contribution in [0.5, 0.6) is 5.75 Å². The minimum absolute atomic E-state index is 0.0343. The van der Waals surface area contributed by atoms with Gasteiger partial charge in [0, 0.05) is 26.2 Å². The van der Waals surface area contributed by atoms with E-state index in [2.05, 4.69) is 14.9 Å². The number of hydrogen-bond acceptors (Lipinski definition) is 7. The van der Waals surface area contributed by atoms with Crippen molar-refractivity contribution in [1.29, 1.82) is 0 Å². The Balaban J connectivity index is 2.03. The van der Waals surface area contributed by atoms with Crippen LogP contribution in [0.1, 0.15) is 6.92 Å². The van der Waals surface area contributed by atoms with Crippen LogP contribution in [0.25, 0.3) is 0 Å². The fourth-order valence-electron chi connectivity index (χ4n) is 2.48. The van der Waals surface area contributed by atoms with Crippen LogP contribution < -0.4 is 14.8 Å². The first-order chi connectivity index (χ1) is 12.5. The SMILES string of the molecule is CCOC(=O)Nc1cc(S(=O)(=O)NCCN2CCOCC2)ccc1OC. The number of rotatable bonds is 8. The van der Waals surface area contributed by atoms with Gasteiger partial charge in [0.15, 0.2) is 0 Å². The highest BCUT2D eigenvalue weighted by Gasteiger charge is 2.18. The lowest BCUT2D eigenvalue weighted by atomic mass is 10.3. The van der Waals surface area contributed by atoms with Crippen molar-refractivity contribution in [1.82, 2.24) is 9.62 Å². The molecule has 146 valence electrons. The number of ether oxygens (including phenoxy) is 3. The van der Waals surface area contributed by atoms with E-state index in [1.54, 1.807) is 6.92 Å². The highest BCUT2D eigenvalue weighted by Crippen LogP contribution is 2.27. The lowest BCUT2D eigenvalue weighted by Gasteiger charge is -2.26. The van der Waals surface area contributed by atoms with Crippen LogP contribution >= 0.6 is 0 Å². The summed E-state index contributed by atoms with van der Waals surface area (Å²) < 4.78 is 42.8. The molecule has 0 aromatic heterocycles. The second-order valence-corrected chi connectivity index (χ2v) is 7.33. The molecule has 0 saturated carbocycles. The number of carbonyl (C=O) groups excluding carboxylic acids is 1. The molecule has 0 bridgehead atoms. The van der Waals surface area contributed by atoms with Gasteiger partial charge in [-0.05, 0) is 25.1 Å². The molecule has 26 heavy (non-hydrogen) atoms. The molecule has 9 nitrogen and oxygen atoms in total. The van der Waals surface area contributed by atoms with Gasteiger partial charge in [-0.1, -0.05) is 0 Å². The third kappa shape index (κ3) is 5.84. The summed E-state index contributed by atoms with van der Waals surface area (Å²) in [6.07, 6.45) is -0.680. The quantitative estimate of drug-likeness (QED) is 0.682. The zero-order chi connectivity index (χ0) is 19.0. The van der Waals surface area contributed by atoms with E-state index in [0.717, 1.165) is 13.1 Å². The average Bonchev–Trinajstić information content (AvgIpc) is 2.62. The first kappa shape index (κ1) is 20.4. The van der Waals surface area contributed by atoms with Crippen LogP contribution in [0.2, 0.25) is 0 Å². The standard InChI is InChI=1S/C16H25N3O6S/c1-3-25-16(20)18-14-12-13(4-5-15(14)23-2)26(21,22)17-6-7-19-8-10-24-11-9-19/h4-5,12,17H,3,6-11H2,1-2H3,(H,18,20). The Morgan fingerprint density at radius 2 is 2.04 bits per heavy atom. The van der Waals surface area contributed by atoms with Gasteiger partial charge in [0.1, 0.15) is 5.75 Å². The fourth-order valence-corrected chi connectivity index (χ4v) is 3.52. The molecular weight excluding hydrogens is 362 g/mol. The lowest BCUT2D eigenvalue weighted by molar-refractivity contribution is 0.0390. The van der Waals surface area contributed by atoms with E-state index in [-0.39, 0.29) is 23.7 Å². The van der Waals surface area contributed by atoms with E-state index >= 15 is 0 Å². The van der Waals surface area contributed by atoms with Gasteiger partial charge in [0.05, 0.1) is 37.5 Å². The summed E-state index contributed by atoms with van der Waals surface area (Å²) in [5, 5.41) is 2.48. The first-order valence-electron chi connectivity index (χ1n) is 8.38. The van der Waals surface area contributed by atoms with Crippen molar-refractivity contribution in [2.75, 3.05) is 58.4 Å². The lowest BCUT2D eigenvalue weighted by Crippen LogP contribution is -2.41. The highest BCUT2D eigenvalue weighted by molar-refractivity contribution is 7.89. The minimum Gasteiger partial charge on any atom is -0.495 e. The maximum absolute atomic E-state index is 12.5. The Bertz CT molecular complexity index is 704. The monoisotopic (exact) mass is 387 g/mol. The molecule has 1 fully saturated rings. The van der Waals surface area contributed by atoms with Crippen LogP contribution in [-0.2, 0) is 19.5 Å². The van der Waals surface area contributed by atoms with Crippen LogP contribution in [0, 0.1) is 0 Å². The first-order valence-corrected chi connectivity index (χ1v) is 9.86. The number of methoxy groups -OCH3 is 1. The van der Waals surface area contributed by atoms with Gasteiger partial charge in [0.2, 0.25) is 10.0 Å². The van der Waals surface area contributed by atoms with Gasteiger partial charge < -0.3 is 14.2 Å². The number of sulfonamides is 1. The summed E-state index contributed by atoms with van der Waals surface area (Å²) in [7, 11) is -2.28. The van der Waals surface area contributed by atoms with Crippen molar-refractivity contribution >= 4 is 21.8 Å². The van der Waals surface area contributed by atoms with Crippen molar-refractivity contribution in [2.45, 2.75) is 11.8 Å². The number of anilines is 1. The number of carbonyl (C=O) groups is 1. The number of nitrogens with one attached hydrogen (secondary N) is 2. The second kappa shape index (κ2) is 9.72. The molecule has 1 amide bonds. The zero-order valence-corrected chi connectivity index (χ0v) is 15.8. The fraction of sp³-hybridized carbons (Fsp3) is 0.562. The minimum atomic E-state index is -3.71. The normalized spacial score (nSPS) is 15.5. The molecule has 1 aromatic carbocycles. The highest BCUT2D eigenvalue weighted by atomic mass is 32.2. The molecular formula is C16H25N3O6S. The average molecular weight is 387 g/mol. The number of morpholine rings is 1. The molecule has 0 atom stereocenters. The smallest absolute Gasteiger partial charge is 0.411 e. The summed E-state index contributed by atoms with van der Waals surface area (Å²) >= 11 is 0. The summed E-state index contributed by atoms with van der Waals surface area (Å²) in [4.78, 5) is 13.8. The van der Waals surface area contributed by atoms with Crippen molar-refractivity contribution in [2.24, 2.45) is 0 Å². The molecule has 1 heterocycles. The molecule has 0 radical (unpaired) electrons. The molecule has 1 aromatic rings. The van der Waals surface area contributed by atoms with Crippen molar-refractivity contribution < 1.29 is 27.4 Å². The van der Waals surface area contributed by atoms with Crippen LogP contribution in [0.3, 0.4) is 0 Å². The summed E-state index contributed by atoms with van der Waals surface area (Å²) in [5.41, 5.74) is 0.224. The molecule has 10 heteroatoms. The second-order valence-electron chi connectivity index (χ2n) is 5.56. The van der Waals surface area contributed by atoms with Crippen LogP contribution in [0.15, 0.2) is 23.1 Å². The largest absolute Gasteiger partial charge is 0.495 e. The van der Waals surface area contributed by atoms with Crippen molar-refractivity contribution in [3.8, 4) is 5.75 Å². The van der Waals surface area contributed by atoms with E-state index in [9.17, 15) is 13.2 Å². The maximum Gasteiger partial charge on any atom is 0.411 e. The Hall–Kier alpha value is -1.88. The molecule has 1 aliphatic rings. The van der Waals surface area contributed by atoms with Gasteiger partial charge in [-0.3, -0.25) is 10.2 Å². The van der Waals surface area contributed by atoms with E-state index in [0.29, 0.717) is 25.5 Å². The van der Waals surface area contributed by atoms with E-state index in [1.165, 1.54) is 25.3 Å². The van der Waals surface area contributed by atoms with Crippen molar-refractivity contribution in [3.63, 3.8) is 0 Å². The number of hydrogen-bond donors (Lipinski definition) is 2. The topological polar surface area (TPSA) is 106 Å². The Kier molecular flexibility index (Phi) is 7.64. The number of benzene rings is 1.